The molecule has 7 heteroatoms. The number of aliphatic carboxylic acids is 1. The quantitative estimate of drug-likeness (QED) is 0.606. The molecular formula is C21H18N2O5. The van der Waals surface area contributed by atoms with Crippen molar-refractivity contribution in [2.75, 3.05) is 6.54 Å². The monoisotopic (exact) mass is 378 g/mol. The maximum absolute atomic E-state index is 12.3. The first-order valence-electron chi connectivity index (χ1n) is 8.92. The van der Waals surface area contributed by atoms with Crippen LogP contribution in [0.1, 0.15) is 34.9 Å². The van der Waals surface area contributed by atoms with Crippen LogP contribution in [0.4, 0.5) is 0 Å². The standard InChI is InChI=1S/C21H18N2O5/c24-17(25)11-22-21(27)19-20(26)15-9-8-14(28-13-4-2-1-3-5-13)10-16(15)18(23-19)12-6-7-12/h1-5,8-10,12,26H,6-7,11H2,(H,22,27)(H,24,25). The third kappa shape index (κ3) is 3.59. The Bertz CT molecular complexity index is 1060. The minimum absolute atomic E-state index is 0.160. The lowest BCUT2D eigenvalue weighted by Crippen LogP contribution is -2.30. The van der Waals surface area contributed by atoms with Crippen molar-refractivity contribution in [1.82, 2.24) is 10.3 Å². The normalized spacial score (nSPS) is 13.3. The van der Waals surface area contributed by atoms with Crippen molar-refractivity contribution in [2.45, 2.75) is 18.8 Å². The van der Waals surface area contributed by atoms with Gasteiger partial charge in [-0.2, -0.15) is 0 Å². The number of nitrogens with one attached hydrogen (secondary N) is 1. The number of carbonyl (C=O) groups excluding carboxylic acids is 1. The number of rotatable bonds is 6. The number of benzene rings is 2. The minimum Gasteiger partial charge on any atom is -0.505 e. The van der Waals surface area contributed by atoms with Gasteiger partial charge in [0.25, 0.3) is 5.91 Å². The predicted molar refractivity (Wildman–Crippen MR) is 102 cm³/mol. The van der Waals surface area contributed by atoms with Crippen LogP contribution in [0.3, 0.4) is 0 Å². The zero-order valence-corrected chi connectivity index (χ0v) is 14.9. The van der Waals surface area contributed by atoms with E-state index >= 15 is 0 Å². The van der Waals surface area contributed by atoms with Gasteiger partial charge < -0.3 is 20.3 Å². The Morgan fingerprint density at radius 2 is 1.82 bits per heavy atom. The molecule has 0 bridgehead atoms. The van der Waals surface area contributed by atoms with E-state index in [-0.39, 0.29) is 17.4 Å². The molecule has 142 valence electrons. The molecule has 3 N–H and O–H groups in total. The molecule has 1 saturated carbocycles. The fraction of sp³-hybridized carbons (Fsp3) is 0.190. The summed E-state index contributed by atoms with van der Waals surface area (Å²) in [5, 5.41) is 22.8. The second kappa shape index (κ2) is 7.19. The summed E-state index contributed by atoms with van der Waals surface area (Å²) in [6.07, 6.45) is 1.90. The smallest absolute Gasteiger partial charge is 0.322 e. The average molecular weight is 378 g/mol. The lowest BCUT2D eigenvalue weighted by atomic mass is 10.0. The lowest BCUT2D eigenvalue weighted by molar-refractivity contribution is -0.135. The number of carbonyl (C=O) groups is 2. The van der Waals surface area contributed by atoms with Crippen molar-refractivity contribution in [3.8, 4) is 17.2 Å². The number of carboxylic acid groups (broad SMARTS) is 1. The fourth-order valence-electron chi connectivity index (χ4n) is 3.06. The topological polar surface area (TPSA) is 109 Å². The maximum atomic E-state index is 12.3. The Morgan fingerprint density at radius 1 is 1.07 bits per heavy atom. The van der Waals surface area contributed by atoms with E-state index in [0.717, 1.165) is 18.2 Å². The molecule has 7 nitrogen and oxygen atoms in total. The van der Waals surface area contributed by atoms with Crippen molar-refractivity contribution >= 4 is 22.6 Å². The van der Waals surface area contributed by atoms with E-state index in [1.54, 1.807) is 12.1 Å². The molecule has 1 aromatic heterocycles. The third-order valence-corrected chi connectivity index (χ3v) is 4.54. The number of hydrogen-bond acceptors (Lipinski definition) is 5. The van der Waals surface area contributed by atoms with Gasteiger partial charge in [0, 0.05) is 16.7 Å². The van der Waals surface area contributed by atoms with Crippen LogP contribution in [-0.4, -0.2) is 33.6 Å². The molecule has 1 aliphatic carbocycles. The zero-order valence-electron chi connectivity index (χ0n) is 14.9. The molecule has 3 aromatic rings. The van der Waals surface area contributed by atoms with Crippen LogP contribution in [0.2, 0.25) is 0 Å². The highest BCUT2D eigenvalue weighted by molar-refractivity contribution is 6.03. The van der Waals surface area contributed by atoms with Gasteiger partial charge in [-0.15, -0.1) is 0 Å². The molecule has 1 amide bonds. The number of aromatic hydroxyl groups is 1. The zero-order chi connectivity index (χ0) is 19.7. The Labute approximate surface area is 160 Å². The van der Waals surface area contributed by atoms with Gasteiger partial charge in [-0.1, -0.05) is 18.2 Å². The van der Waals surface area contributed by atoms with Gasteiger partial charge in [0.05, 0.1) is 5.69 Å². The van der Waals surface area contributed by atoms with Gasteiger partial charge in [0.2, 0.25) is 0 Å². The van der Waals surface area contributed by atoms with E-state index in [9.17, 15) is 14.7 Å². The van der Waals surface area contributed by atoms with Crippen molar-refractivity contribution in [3.05, 3.63) is 59.9 Å². The Hall–Kier alpha value is -3.61. The largest absolute Gasteiger partial charge is 0.505 e. The molecular weight excluding hydrogens is 360 g/mol. The molecule has 0 atom stereocenters. The first-order valence-corrected chi connectivity index (χ1v) is 8.92. The fourth-order valence-corrected chi connectivity index (χ4v) is 3.06. The molecule has 0 saturated heterocycles. The molecule has 2 aromatic carbocycles. The van der Waals surface area contributed by atoms with E-state index < -0.39 is 18.4 Å². The van der Waals surface area contributed by atoms with Gasteiger partial charge in [0.1, 0.15) is 18.0 Å². The number of hydrogen-bond donors (Lipinski definition) is 3. The summed E-state index contributed by atoms with van der Waals surface area (Å²) in [5.41, 5.74) is 0.555. The summed E-state index contributed by atoms with van der Waals surface area (Å²) in [7, 11) is 0. The van der Waals surface area contributed by atoms with Crippen molar-refractivity contribution in [2.24, 2.45) is 0 Å². The van der Waals surface area contributed by atoms with E-state index in [1.165, 1.54) is 0 Å². The molecule has 1 aliphatic rings. The van der Waals surface area contributed by atoms with Crippen LogP contribution in [0.5, 0.6) is 17.2 Å². The van der Waals surface area contributed by atoms with Gasteiger partial charge >= 0.3 is 5.97 Å². The number of fused-ring (bicyclic) bond motifs is 1. The summed E-state index contributed by atoms with van der Waals surface area (Å²) < 4.78 is 5.87. The molecule has 0 spiro atoms. The van der Waals surface area contributed by atoms with E-state index in [1.807, 2.05) is 36.4 Å². The van der Waals surface area contributed by atoms with Gasteiger partial charge in [0.15, 0.2) is 11.4 Å². The highest BCUT2D eigenvalue weighted by Gasteiger charge is 2.30. The number of amides is 1. The van der Waals surface area contributed by atoms with Crippen LogP contribution in [0.25, 0.3) is 10.8 Å². The van der Waals surface area contributed by atoms with Crippen LogP contribution in [-0.2, 0) is 4.79 Å². The molecule has 1 fully saturated rings. The summed E-state index contributed by atoms with van der Waals surface area (Å²) in [5.74, 6) is -0.650. The minimum atomic E-state index is -1.17. The third-order valence-electron chi connectivity index (χ3n) is 4.54. The van der Waals surface area contributed by atoms with E-state index in [4.69, 9.17) is 9.84 Å². The highest BCUT2D eigenvalue weighted by atomic mass is 16.5. The SMILES string of the molecule is O=C(O)CNC(=O)c1nc(C2CC2)c2cc(Oc3ccccc3)ccc2c1O. The molecule has 0 aliphatic heterocycles. The Morgan fingerprint density at radius 3 is 2.50 bits per heavy atom. The summed E-state index contributed by atoms with van der Waals surface area (Å²) in [6, 6.07) is 14.5. The van der Waals surface area contributed by atoms with Crippen molar-refractivity contribution in [1.29, 1.82) is 0 Å². The molecule has 0 radical (unpaired) electrons. The van der Waals surface area contributed by atoms with Crippen LogP contribution >= 0.6 is 0 Å². The average Bonchev–Trinajstić information content (AvgIpc) is 3.52. The van der Waals surface area contributed by atoms with E-state index in [2.05, 4.69) is 10.3 Å². The number of carboxylic acids is 1. The van der Waals surface area contributed by atoms with Gasteiger partial charge in [-0.3, -0.25) is 9.59 Å². The number of pyridine rings is 1. The van der Waals surface area contributed by atoms with Crippen molar-refractivity contribution < 1.29 is 24.5 Å². The van der Waals surface area contributed by atoms with Crippen LogP contribution < -0.4 is 10.1 Å². The summed E-state index contributed by atoms with van der Waals surface area (Å²) >= 11 is 0. The van der Waals surface area contributed by atoms with Crippen molar-refractivity contribution in [3.63, 3.8) is 0 Å². The first-order chi connectivity index (χ1) is 13.5. The van der Waals surface area contributed by atoms with Gasteiger partial charge in [-0.25, -0.2) is 4.98 Å². The molecule has 4 rings (SSSR count). The second-order valence-electron chi connectivity index (χ2n) is 6.67. The molecule has 0 unspecified atom stereocenters. The molecule has 28 heavy (non-hydrogen) atoms. The van der Waals surface area contributed by atoms with E-state index in [0.29, 0.717) is 22.6 Å². The second-order valence-corrected chi connectivity index (χ2v) is 6.67. The Balaban J connectivity index is 1.75. The number of ether oxygens (including phenoxy) is 1. The summed E-state index contributed by atoms with van der Waals surface area (Å²) in [4.78, 5) is 27.4. The van der Waals surface area contributed by atoms with Crippen LogP contribution in [0, 0.1) is 0 Å². The predicted octanol–water partition coefficient (Wildman–Crippen LogP) is 3.42. The number of nitrogens with zero attached hydrogens (tertiary/aromatic N) is 1. The van der Waals surface area contributed by atoms with Gasteiger partial charge in [-0.05, 0) is 43.2 Å². The summed E-state index contributed by atoms with van der Waals surface area (Å²) in [6.45, 7) is -0.541. The lowest BCUT2D eigenvalue weighted by Gasteiger charge is -2.13. The highest BCUT2D eigenvalue weighted by Crippen LogP contribution is 2.45. The molecule has 1 heterocycles. The first kappa shape index (κ1) is 17.8. The number of aromatic nitrogens is 1. The van der Waals surface area contributed by atoms with Crippen LogP contribution in [0.15, 0.2) is 48.5 Å². The maximum Gasteiger partial charge on any atom is 0.322 e. The number of para-hydroxylation sites is 1. The Kier molecular flexibility index (Phi) is 4.57.